The molecule has 2 N–H and O–H groups in total. The van der Waals surface area contributed by atoms with E-state index >= 15 is 0 Å². The highest BCUT2D eigenvalue weighted by molar-refractivity contribution is 7.12. The minimum atomic E-state index is -1.13. The quantitative estimate of drug-likeness (QED) is 0.636. The molecule has 21 heavy (non-hydrogen) atoms. The Morgan fingerprint density at radius 1 is 1.57 bits per heavy atom. The molecule has 0 aliphatic carbocycles. The van der Waals surface area contributed by atoms with Crippen LogP contribution in [0.15, 0.2) is 17.8 Å². The Hall–Kier alpha value is -2.75. The summed E-state index contributed by atoms with van der Waals surface area (Å²) in [5.41, 5.74) is 0.650. The van der Waals surface area contributed by atoms with Gasteiger partial charge in [-0.05, 0) is 17.9 Å². The van der Waals surface area contributed by atoms with Gasteiger partial charge < -0.3 is 10.4 Å². The van der Waals surface area contributed by atoms with Crippen molar-refractivity contribution in [3.8, 4) is 0 Å². The summed E-state index contributed by atoms with van der Waals surface area (Å²) in [6.07, 6.45) is 2.16. The van der Waals surface area contributed by atoms with Gasteiger partial charge in [0, 0.05) is 0 Å². The van der Waals surface area contributed by atoms with Crippen molar-refractivity contribution in [1.29, 1.82) is 0 Å². The van der Waals surface area contributed by atoms with Crippen LogP contribution < -0.4 is 5.32 Å². The Balaban J connectivity index is 2.09. The van der Waals surface area contributed by atoms with Crippen LogP contribution in [0.25, 0.3) is 0 Å². The summed E-state index contributed by atoms with van der Waals surface area (Å²) < 4.78 is 1.11. The van der Waals surface area contributed by atoms with Gasteiger partial charge in [0.1, 0.15) is 23.8 Å². The van der Waals surface area contributed by atoms with Crippen molar-refractivity contribution in [2.24, 2.45) is 0 Å². The van der Waals surface area contributed by atoms with Gasteiger partial charge in [-0.25, -0.2) is 4.79 Å². The van der Waals surface area contributed by atoms with E-state index in [-0.39, 0.29) is 22.8 Å². The van der Waals surface area contributed by atoms with Gasteiger partial charge in [-0.15, -0.1) is 11.3 Å². The number of carbonyl (C=O) groups is 2. The number of hydrogen-bond acceptors (Lipinski definition) is 6. The Kier molecular flexibility index (Phi) is 3.98. The first-order valence-electron chi connectivity index (χ1n) is 5.66. The third-order valence-electron chi connectivity index (χ3n) is 2.57. The summed E-state index contributed by atoms with van der Waals surface area (Å²) >= 11 is 1.01. The number of nitrogens with zero attached hydrogens (tertiary/aromatic N) is 3. The third-order valence-corrected chi connectivity index (χ3v) is 3.66. The lowest BCUT2D eigenvalue weighted by atomic mass is 10.2. The number of aryl methyl sites for hydroxylation is 1. The largest absolute Gasteiger partial charge is 0.477 e. The van der Waals surface area contributed by atoms with Crippen molar-refractivity contribution in [2.45, 2.75) is 13.5 Å². The van der Waals surface area contributed by atoms with Crippen molar-refractivity contribution in [1.82, 2.24) is 9.78 Å². The molecule has 0 radical (unpaired) electrons. The van der Waals surface area contributed by atoms with Crippen LogP contribution in [0.3, 0.4) is 0 Å². The maximum absolute atomic E-state index is 11.9. The first kappa shape index (κ1) is 14.7. The number of carboxylic acid groups (broad SMARTS) is 1. The Morgan fingerprint density at radius 3 is 2.86 bits per heavy atom. The molecule has 110 valence electrons. The number of aromatic nitrogens is 2. The van der Waals surface area contributed by atoms with Crippen molar-refractivity contribution < 1.29 is 19.6 Å². The Labute approximate surface area is 122 Å². The van der Waals surface area contributed by atoms with Crippen LogP contribution in [0.5, 0.6) is 0 Å². The van der Waals surface area contributed by atoms with E-state index in [1.165, 1.54) is 0 Å². The molecule has 0 atom stereocenters. The van der Waals surface area contributed by atoms with E-state index in [2.05, 4.69) is 10.4 Å². The second kappa shape index (κ2) is 5.71. The highest BCUT2D eigenvalue weighted by atomic mass is 32.1. The summed E-state index contributed by atoms with van der Waals surface area (Å²) in [6, 6.07) is 0. The van der Waals surface area contributed by atoms with E-state index in [1.54, 1.807) is 12.3 Å². The summed E-state index contributed by atoms with van der Waals surface area (Å²) in [6.45, 7) is 1.43. The zero-order valence-electron chi connectivity index (χ0n) is 10.8. The number of carboxylic acids is 1. The fraction of sp³-hybridized carbons (Fsp3) is 0.182. The lowest BCUT2D eigenvalue weighted by molar-refractivity contribution is -0.385. The monoisotopic (exact) mass is 310 g/mol. The highest BCUT2D eigenvalue weighted by Crippen LogP contribution is 2.27. The topological polar surface area (TPSA) is 127 Å². The molecule has 2 heterocycles. The molecule has 2 rings (SSSR count). The zero-order valence-corrected chi connectivity index (χ0v) is 11.6. The molecule has 0 saturated heterocycles. The molecule has 1 amide bonds. The van der Waals surface area contributed by atoms with Crippen molar-refractivity contribution in [3.05, 3.63) is 38.3 Å². The Morgan fingerprint density at radius 2 is 2.29 bits per heavy atom. The minimum Gasteiger partial charge on any atom is -0.477 e. The molecule has 0 aromatic carbocycles. The molecule has 9 nitrogen and oxygen atoms in total. The number of hydrogen-bond donors (Lipinski definition) is 2. The SMILES string of the molecule is Cc1csc(C(=O)O)c1NC(=O)Cn1cc([N+](=O)[O-])cn1. The predicted octanol–water partition coefficient (Wildman–Crippen LogP) is 1.50. The van der Waals surface area contributed by atoms with E-state index in [0.717, 1.165) is 28.4 Å². The molecule has 2 aromatic heterocycles. The van der Waals surface area contributed by atoms with Crippen LogP contribution in [0, 0.1) is 17.0 Å². The van der Waals surface area contributed by atoms with Gasteiger partial charge in [0.2, 0.25) is 5.91 Å². The van der Waals surface area contributed by atoms with Crippen LogP contribution in [0.1, 0.15) is 15.2 Å². The van der Waals surface area contributed by atoms with Gasteiger partial charge >= 0.3 is 11.7 Å². The van der Waals surface area contributed by atoms with Crippen molar-refractivity contribution in [2.75, 3.05) is 5.32 Å². The van der Waals surface area contributed by atoms with Gasteiger partial charge in [-0.3, -0.25) is 19.6 Å². The van der Waals surface area contributed by atoms with E-state index in [0.29, 0.717) is 5.56 Å². The van der Waals surface area contributed by atoms with Gasteiger partial charge in [0.15, 0.2) is 0 Å². The first-order chi connectivity index (χ1) is 9.88. The van der Waals surface area contributed by atoms with E-state index < -0.39 is 16.8 Å². The van der Waals surface area contributed by atoms with Crippen molar-refractivity contribution >= 4 is 34.6 Å². The van der Waals surface area contributed by atoms with Crippen LogP contribution in [0.4, 0.5) is 11.4 Å². The molecule has 0 aliphatic rings. The smallest absolute Gasteiger partial charge is 0.348 e. The number of aromatic carboxylic acids is 1. The fourth-order valence-corrected chi connectivity index (χ4v) is 2.46. The predicted molar refractivity (Wildman–Crippen MR) is 73.5 cm³/mol. The minimum absolute atomic E-state index is 0.0345. The lowest BCUT2D eigenvalue weighted by Gasteiger charge is -2.06. The number of anilines is 1. The number of rotatable bonds is 5. The molecule has 0 bridgehead atoms. The van der Waals surface area contributed by atoms with E-state index in [9.17, 15) is 19.7 Å². The standard InChI is InChI=1S/C11H10N4O5S/c1-6-5-21-10(11(17)18)9(6)13-8(16)4-14-3-7(2-12-14)15(19)20/h2-3,5H,4H2,1H3,(H,13,16)(H,17,18). The van der Waals surface area contributed by atoms with E-state index in [1.807, 2.05) is 0 Å². The normalized spacial score (nSPS) is 10.3. The van der Waals surface area contributed by atoms with Gasteiger partial charge in [0.05, 0.1) is 10.6 Å². The number of nitrogens with one attached hydrogen (secondary N) is 1. The molecular weight excluding hydrogens is 300 g/mol. The molecular formula is C11H10N4O5S. The molecule has 0 saturated carbocycles. The van der Waals surface area contributed by atoms with Gasteiger partial charge in [-0.1, -0.05) is 0 Å². The summed E-state index contributed by atoms with van der Waals surface area (Å²) in [4.78, 5) is 32.8. The van der Waals surface area contributed by atoms with Gasteiger partial charge in [-0.2, -0.15) is 5.10 Å². The number of nitro groups is 1. The second-order valence-electron chi connectivity index (χ2n) is 4.13. The maximum atomic E-state index is 11.9. The van der Waals surface area contributed by atoms with Crippen LogP contribution >= 0.6 is 11.3 Å². The summed E-state index contributed by atoms with van der Waals surface area (Å²) in [5, 5.41) is 27.3. The van der Waals surface area contributed by atoms with E-state index in [4.69, 9.17) is 5.11 Å². The summed E-state index contributed by atoms with van der Waals surface area (Å²) in [5.74, 6) is -1.64. The van der Waals surface area contributed by atoms with Gasteiger partial charge in [0.25, 0.3) is 0 Å². The number of amides is 1. The van der Waals surface area contributed by atoms with Crippen LogP contribution in [-0.2, 0) is 11.3 Å². The summed E-state index contributed by atoms with van der Waals surface area (Å²) in [7, 11) is 0. The molecule has 0 aliphatic heterocycles. The molecule has 0 spiro atoms. The first-order valence-corrected chi connectivity index (χ1v) is 6.54. The number of thiophene rings is 1. The van der Waals surface area contributed by atoms with Crippen LogP contribution in [0.2, 0.25) is 0 Å². The molecule has 0 fully saturated rings. The van der Waals surface area contributed by atoms with Crippen LogP contribution in [-0.4, -0.2) is 31.7 Å². The third kappa shape index (κ3) is 3.23. The Bertz CT molecular complexity index is 720. The maximum Gasteiger partial charge on any atom is 0.348 e. The zero-order chi connectivity index (χ0) is 15.6. The fourth-order valence-electron chi connectivity index (χ4n) is 1.62. The molecule has 10 heteroatoms. The second-order valence-corrected chi connectivity index (χ2v) is 5.01. The lowest BCUT2D eigenvalue weighted by Crippen LogP contribution is -2.20. The van der Waals surface area contributed by atoms with Crippen molar-refractivity contribution in [3.63, 3.8) is 0 Å². The average molecular weight is 310 g/mol. The highest BCUT2D eigenvalue weighted by Gasteiger charge is 2.18. The number of carbonyl (C=O) groups excluding carboxylic acids is 1. The molecule has 0 unspecified atom stereocenters. The average Bonchev–Trinajstić information content (AvgIpc) is 2.98. The molecule has 2 aromatic rings.